The van der Waals surface area contributed by atoms with E-state index in [0.717, 1.165) is 17.8 Å². The average Bonchev–Trinajstić information content (AvgIpc) is 3.20. The summed E-state index contributed by atoms with van der Waals surface area (Å²) in [5, 5.41) is 4.13. The molecule has 2 atom stereocenters. The van der Waals surface area contributed by atoms with Crippen LogP contribution in [0.4, 0.5) is 0 Å². The second-order valence-corrected chi connectivity index (χ2v) is 12.9. The average molecular weight is 426 g/mol. The summed E-state index contributed by atoms with van der Waals surface area (Å²) in [6.45, 7) is 0.540. The Morgan fingerprint density at radius 1 is 1.25 bits per heavy atom. The molecule has 10 heteroatoms. The van der Waals surface area contributed by atoms with E-state index in [2.05, 4.69) is 5.32 Å². The van der Waals surface area contributed by atoms with E-state index < -0.39 is 31.0 Å². The third-order valence-electron chi connectivity index (χ3n) is 3.89. The molecule has 1 fully saturated rings. The van der Waals surface area contributed by atoms with Gasteiger partial charge in [0.15, 0.2) is 19.7 Å². The first-order valence-corrected chi connectivity index (χ1v) is 12.7. The summed E-state index contributed by atoms with van der Waals surface area (Å²) in [5.41, 5.74) is 0. The Bertz CT molecular complexity index is 902. The van der Waals surface area contributed by atoms with Crippen molar-refractivity contribution in [2.24, 2.45) is 0 Å². The molecule has 3 heterocycles. The van der Waals surface area contributed by atoms with Crippen molar-refractivity contribution in [2.45, 2.75) is 21.9 Å². The molecule has 3 rings (SSSR count). The predicted octanol–water partition coefficient (Wildman–Crippen LogP) is 2.23. The lowest BCUT2D eigenvalue weighted by molar-refractivity contribution is 0.530. The SMILES string of the molecule is O=S1(=O)C[C@H](NCCc2cccs2)[C@@H](S(=O)(=O)c2ccc(Cl)s2)C1. The highest BCUT2D eigenvalue weighted by Crippen LogP contribution is 2.32. The fraction of sp³-hybridized carbons (Fsp3) is 0.429. The number of thiophene rings is 2. The molecule has 0 aliphatic carbocycles. The molecular formula is C14H16ClNO4S4. The zero-order chi connectivity index (χ0) is 17.4. The maximum Gasteiger partial charge on any atom is 0.193 e. The minimum Gasteiger partial charge on any atom is -0.311 e. The van der Waals surface area contributed by atoms with Crippen molar-refractivity contribution < 1.29 is 16.8 Å². The Kier molecular flexibility index (Phi) is 5.39. The molecule has 1 aliphatic heterocycles. The van der Waals surface area contributed by atoms with Gasteiger partial charge in [0.05, 0.1) is 21.1 Å². The van der Waals surface area contributed by atoms with Crippen LogP contribution in [-0.4, -0.2) is 46.2 Å². The molecule has 0 amide bonds. The lowest BCUT2D eigenvalue weighted by Gasteiger charge is -2.19. The van der Waals surface area contributed by atoms with E-state index in [9.17, 15) is 16.8 Å². The molecule has 2 aromatic rings. The van der Waals surface area contributed by atoms with E-state index in [1.807, 2.05) is 17.5 Å². The Labute approximate surface area is 154 Å². The van der Waals surface area contributed by atoms with Crippen molar-refractivity contribution in [2.75, 3.05) is 18.1 Å². The number of hydrogen-bond acceptors (Lipinski definition) is 7. The van der Waals surface area contributed by atoms with Crippen molar-refractivity contribution in [3.8, 4) is 0 Å². The summed E-state index contributed by atoms with van der Waals surface area (Å²) < 4.78 is 50.1. The first kappa shape index (κ1) is 18.3. The fourth-order valence-electron chi connectivity index (χ4n) is 2.75. The summed E-state index contributed by atoms with van der Waals surface area (Å²) >= 11 is 8.41. The number of hydrogen-bond donors (Lipinski definition) is 1. The normalized spacial score (nSPS) is 23.5. The van der Waals surface area contributed by atoms with Crippen LogP contribution in [-0.2, 0) is 26.1 Å². The van der Waals surface area contributed by atoms with Gasteiger partial charge in [-0.05, 0) is 30.0 Å². The van der Waals surface area contributed by atoms with Gasteiger partial charge in [0.25, 0.3) is 0 Å². The molecule has 0 saturated carbocycles. The topological polar surface area (TPSA) is 80.3 Å². The summed E-state index contributed by atoms with van der Waals surface area (Å²) in [6.07, 6.45) is 0.742. The molecule has 1 saturated heterocycles. The molecule has 0 aromatic carbocycles. The van der Waals surface area contributed by atoms with E-state index in [-0.39, 0.29) is 15.7 Å². The summed E-state index contributed by atoms with van der Waals surface area (Å²) in [5.74, 6) is -0.498. The van der Waals surface area contributed by atoms with Crippen molar-refractivity contribution in [3.63, 3.8) is 0 Å². The number of sulfone groups is 2. The Hall–Kier alpha value is -0.450. The second-order valence-electron chi connectivity index (χ2n) is 5.61. The van der Waals surface area contributed by atoms with Gasteiger partial charge in [0, 0.05) is 17.5 Å². The van der Waals surface area contributed by atoms with Gasteiger partial charge < -0.3 is 5.32 Å². The Balaban J connectivity index is 1.76. The first-order chi connectivity index (χ1) is 11.3. The van der Waals surface area contributed by atoms with Crippen LogP contribution in [0.5, 0.6) is 0 Å². The van der Waals surface area contributed by atoms with E-state index in [4.69, 9.17) is 11.6 Å². The third kappa shape index (κ3) is 4.03. The monoisotopic (exact) mass is 425 g/mol. The maximum atomic E-state index is 12.8. The van der Waals surface area contributed by atoms with E-state index in [1.165, 1.54) is 17.0 Å². The molecule has 132 valence electrons. The van der Waals surface area contributed by atoms with Gasteiger partial charge in [0.2, 0.25) is 0 Å². The molecule has 0 unspecified atom stereocenters. The van der Waals surface area contributed by atoms with Crippen LogP contribution in [0.1, 0.15) is 4.88 Å². The van der Waals surface area contributed by atoms with E-state index in [1.54, 1.807) is 11.3 Å². The van der Waals surface area contributed by atoms with Crippen molar-refractivity contribution in [1.29, 1.82) is 0 Å². The fourth-order valence-corrected chi connectivity index (χ4v) is 9.88. The van der Waals surface area contributed by atoms with Gasteiger partial charge in [-0.2, -0.15) is 0 Å². The van der Waals surface area contributed by atoms with Crippen LogP contribution in [0.3, 0.4) is 0 Å². The molecule has 0 spiro atoms. The molecule has 5 nitrogen and oxygen atoms in total. The van der Waals surface area contributed by atoms with E-state index >= 15 is 0 Å². The highest BCUT2D eigenvalue weighted by Gasteiger charge is 2.46. The number of halogens is 1. The highest BCUT2D eigenvalue weighted by atomic mass is 35.5. The molecule has 1 N–H and O–H groups in total. The van der Waals surface area contributed by atoms with Gasteiger partial charge in [-0.3, -0.25) is 0 Å². The van der Waals surface area contributed by atoms with Gasteiger partial charge >= 0.3 is 0 Å². The van der Waals surface area contributed by atoms with Gasteiger partial charge in [-0.1, -0.05) is 17.7 Å². The Morgan fingerprint density at radius 3 is 2.67 bits per heavy atom. The van der Waals surface area contributed by atoms with Gasteiger partial charge in [0.1, 0.15) is 4.21 Å². The van der Waals surface area contributed by atoms with Crippen molar-refractivity contribution >= 4 is 53.9 Å². The smallest absolute Gasteiger partial charge is 0.193 e. The van der Waals surface area contributed by atoms with Crippen LogP contribution >= 0.6 is 34.3 Å². The van der Waals surface area contributed by atoms with Gasteiger partial charge in [-0.15, -0.1) is 22.7 Å². The second kappa shape index (κ2) is 7.05. The number of nitrogens with one attached hydrogen (secondary N) is 1. The minimum absolute atomic E-state index is 0.125. The lowest BCUT2D eigenvalue weighted by atomic mass is 10.2. The number of rotatable bonds is 6. The van der Waals surface area contributed by atoms with E-state index in [0.29, 0.717) is 10.9 Å². The summed E-state index contributed by atoms with van der Waals surface area (Å²) in [7, 11) is -7.11. The predicted molar refractivity (Wildman–Crippen MR) is 98.8 cm³/mol. The molecular weight excluding hydrogens is 410 g/mol. The maximum absolute atomic E-state index is 12.8. The molecule has 24 heavy (non-hydrogen) atoms. The van der Waals surface area contributed by atoms with Crippen LogP contribution in [0.2, 0.25) is 4.34 Å². The standard InChI is InChI=1S/C14H16ClNO4S4/c15-13-3-4-14(22-13)24(19,20)12-9-23(17,18)8-11(12)16-6-5-10-2-1-7-21-10/h1-4,7,11-12,16H,5-6,8-9H2/t11-,12-/m0/s1. The Morgan fingerprint density at radius 2 is 2.04 bits per heavy atom. The quantitative estimate of drug-likeness (QED) is 0.767. The first-order valence-electron chi connectivity index (χ1n) is 7.23. The largest absolute Gasteiger partial charge is 0.311 e. The summed E-state index contributed by atoms with van der Waals surface area (Å²) in [6, 6.07) is 6.31. The molecule has 0 radical (unpaired) electrons. The lowest BCUT2D eigenvalue weighted by Crippen LogP contribution is -2.43. The van der Waals surface area contributed by atoms with Crippen molar-refractivity contribution in [1.82, 2.24) is 5.32 Å². The van der Waals surface area contributed by atoms with Crippen LogP contribution in [0.25, 0.3) is 0 Å². The molecule has 1 aliphatic rings. The zero-order valence-electron chi connectivity index (χ0n) is 12.5. The molecule has 2 aromatic heterocycles. The molecule has 0 bridgehead atoms. The van der Waals surface area contributed by atoms with Crippen LogP contribution in [0, 0.1) is 0 Å². The van der Waals surface area contributed by atoms with Gasteiger partial charge in [-0.25, -0.2) is 16.8 Å². The van der Waals surface area contributed by atoms with Crippen LogP contribution < -0.4 is 5.32 Å². The zero-order valence-corrected chi connectivity index (χ0v) is 16.5. The summed E-state index contributed by atoms with van der Waals surface area (Å²) in [4.78, 5) is 1.17. The minimum atomic E-state index is -3.73. The highest BCUT2D eigenvalue weighted by molar-refractivity contribution is 7.97. The third-order valence-corrected chi connectivity index (χ3v) is 10.7. The van der Waals surface area contributed by atoms with Crippen LogP contribution in [0.15, 0.2) is 33.9 Å². The van der Waals surface area contributed by atoms with Crippen molar-refractivity contribution in [3.05, 3.63) is 38.9 Å².